The van der Waals surface area contributed by atoms with Crippen molar-refractivity contribution in [3.05, 3.63) is 254 Å². The lowest BCUT2D eigenvalue weighted by Gasteiger charge is -2.38. The van der Waals surface area contributed by atoms with Gasteiger partial charge in [0.05, 0.1) is 54.4 Å². The second-order valence-corrected chi connectivity index (χ2v) is 32.3. The predicted molar refractivity (Wildman–Crippen MR) is 454 cm³/mol. The van der Waals surface area contributed by atoms with Crippen LogP contribution in [0.25, 0.3) is 22.3 Å². The van der Waals surface area contributed by atoms with E-state index in [1.54, 1.807) is 52.2 Å². The molecular formula is C90H82FN15O15S2. The summed E-state index contributed by atoms with van der Waals surface area (Å²) in [6, 6.07) is 46.4. The number of benzene rings is 8. The molecule has 12 amide bonds. The van der Waals surface area contributed by atoms with Crippen LogP contribution in [0.3, 0.4) is 0 Å². The first kappa shape index (κ1) is 81.6. The van der Waals surface area contributed by atoms with E-state index in [0.717, 1.165) is 93.8 Å². The zero-order chi connectivity index (χ0) is 85.1. The first-order valence-electron chi connectivity index (χ1n) is 40.4. The van der Waals surface area contributed by atoms with Crippen molar-refractivity contribution < 1.29 is 76.5 Å². The van der Waals surface area contributed by atoms with Gasteiger partial charge in [0.15, 0.2) is 10.3 Å². The number of rotatable bonds is 25. The van der Waals surface area contributed by atoms with Gasteiger partial charge in [0.1, 0.15) is 35.7 Å². The average Bonchev–Trinajstić information content (AvgIpc) is 1.62. The topological polar surface area (TPSA) is 355 Å². The molecule has 30 nitrogen and oxygen atoms in total. The number of thiazole rings is 2. The van der Waals surface area contributed by atoms with Crippen LogP contribution in [0.2, 0.25) is 0 Å². The molecule has 10 aromatic rings. The minimum Gasteiger partial charge on any atom is -0.508 e. The third kappa shape index (κ3) is 16.9. The highest BCUT2D eigenvalue weighted by Gasteiger charge is 2.49. The number of ether oxygens (including phenoxy) is 2. The molecule has 8 aliphatic heterocycles. The SMILES string of the molecule is O=C1CCC(N2C(=O)c3cccc(N4CCN(c5ccc(-c6ccc7c(c6)C(=O)N(C(C(=O)Nc6nccs6)c6ccccc6)C7)cc5)CC4)c3C2=O)C(=O)N1.O=C1CCC(N2C(=O)c3cccc(NCCOCCOCCN4CCN(c5ccc(-c6ccc7c(c6)C(=O)N(C(C(=O)Nc6nccs6)c6cc(F)ccc6O)C7)cc5)CC4)c3C2=O)C(=O)N1. The van der Waals surface area contributed by atoms with E-state index in [0.29, 0.717) is 115 Å². The molecule has 0 radical (unpaired) electrons. The van der Waals surface area contributed by atoms with Crippen molar-refractivity contribution in [3.63, 3.8) is 0 Å². The number of piperidine rings is 2. The van der Waals surface area contributed by atoms with E-state index < -0.39 is 89.1 Å². The van der Waals surface area contributed by atoms with Crippen LogP contribution in [0.4, 0.5) is 37.4 Å². The number of nitrogens with zero attached hydrogens (tertiary/aromatic N) is 10. The van der Waals surface area contributed by atoms with Crippen LogP contribution in [0.15, 0.2) is 193 Å². The maximum Gasteiger partial charge on any atom is 0.264 e. The second-order valence-electron chi connectivity index (χ2n) is 30.6. The number of phenols is 1. The fraction of sp³-hybridized carbons (Fsp3) is 0.267. The summed E-state index contributed by atoms with van der Waals surface area (Å²) in [4.78, 5) is 179. The summed E-state index contributed by atoms with van der Waals surface area (Å²) >= 11 is 2.52. The third-order valence-corrected chi connectivity index (χ3v) is 24.6. The first-order chi connectivity index (χ1) is 59.8. The summed E-state index contributed by atoms with van der Waals surface area (Å²) in [5, 5.41) is 28.2. The molecule has 4 atom stereocenters. The molecule has 4 unspecified atom stereocenters. The van der Waals surface area contributed by atoms with Crippen molar-refractivity contribution in [2.75, 3.05) is 123 Å². The van der Waals surface area contributed by atoms with Gasteiger partial charge >= 0.3 is 0 Å². The number of fused-ring (bicyclic) bond motifs is 4. The maximum atomic E-state index is 14.4. The van der Waals surface area contributed by atoms with Gasteiger partial charge in [-0.25, -0.2) is 14.4 Å². The highest BCUT2D eigenvalue weighted by molar-refractivity contribution is 7.14. The molecule has 6 N–H and O–H groups in total. The third-order valence-electron chi connectivity index (χ3n) is 23.3. The lowest BCUT2D eigenvalue weighted by Crippen LogP contribution is -2.54. The molecule has 18 rings (SSSR count). The summed E-state index contributed by atoms with van der Waals surface area (Å²) < 4.78 is 26.0. The fourth-order valence-electron chi connectivity index (χ4n) is 17.0. The van der Waals surface area contributed by atoms with E-state index >= 15 is 0 Å². The molecule has 123 heavy (non-hydrogen) atoms. The number of halogens is 1. The van der Waals surface area contributed by atoms with Crippen LogP contribution in [0, 0.1) is 5.82 Å². The average molecular weight is 1700 g/mol. The number of piperazine rings is 2. The Hall–Kier alpha value is -13.7. The van der Waals surface area contributed by atoms with Crippen LogP contribution in [0.1, 0.15) is 122 Å². The van der Waals surface area contributed by atoms with Gasteiger partial charge < -0.3 is 44.4 Å². The number of amides is 12. The Kier molecular flexibility index (Phi) is 23.6. The number of aromatic hydroxyl groups is 1. The molecule has 2 aromatic heterocycles. The second kappa shape index (κ2) is 35.5. The molecule has 0 saturated carbocycles. The smallest absolute Gasteiger partial charge is 0.264 e. The maximum absolute atomic E-state index is 14.4. The summed E-state index contributed by atoms with van der Waals surface area (Å²) in [6.45, 7) is 9.23. The predicted octanol–water partition coefficient (Wildman–Crippen LogP) is 9.53. The molecule has 4 fully saturated rings. The lowest BCUT2D eigenvalue weighted by atomic mass is 10.00. The molecule has 33 heteroatoms. The standard InChI is InChI=1S/C48H47FN8O9S.C42H35N7O6S/c49-32-8-12-39(58)36(27-32)42(44(61)53-48-51-15-25-67-48)56-28-31-5-4-30(26-35(31)45(56)62)29-6-9-33(10-7-29)55-18-16-54(17-19-55)20-22-66-24-23-65-21-14-50-37-3-1-2-34-41(37)47(64)57(46(34)63)38-11-13-40(59)52-43(38)60;50-34-16-15-33(37(51)44-34)49-40(54)30-7-4-8-32(35(30)41(49)55)47-20-18-46(19-21-47)29-13-11-25(12-14-29)27-9-10-28-24-48(39(53)31(28)23-27)36(26-5-2-1-3-6-26)38(52)45-42-43-17-22-56-42/h1-10,12,15,25-27,38,42,50,58H,11,13-14,16-24,28H2,(H,51,53,61)(H,52,59,60);1-14,17,22-23,33,36H,15-16,18-21,24H2,(H,43,45,52)(H,44,50,51). The highest BCUT2D eigenvalue weighted by atomic mass is 32.1. The number of hydrogen-bond acceptors (Lipinski definition) is 24. The Labute approximate surface area is 712 Å². The van der Waals surface area contributed by atoms with E-state index in [1.165, 1.54) is 39.8 Å². The molecule has 8 aliphatic rings. The van der Waals surface area contributed by atoms with Gasteiger partial charge in [-0.3, -0.25) is 93.5 Å². The molecule has 0 bridgehead atoms. The fourth-order valence-corrected chi connectivity index (χ4v) is 18.1. The summed E-state index contributed by atoms with van der Waals surface area (Å²) in [5.74, 6) is -6.77. The van der Waals surface area contributed by atoms with Crippen molar-refractivity contribution in [1.29, 1.82) is 0 Å². The zero-order valence-electron chi connectivity index (χ0n) is 66.3. The Morgan fingerprint density at radius 1 is 0.488 bits per heavy atom. The number of carbonyl (C=O) groups excluding carboxylic acids is 12. The quantitative estimate of drug-likeness (QED) is 0.0229. The number of carbonyl (C=O) groups is 12. The van der Waals surface area contributed by atoms with Gasteiger partial charge in [-0.05, 0) is 131 Å². The molecular weight excluding hydrogens is 1610 g/mol. The minimum absolute atomic E-state index is 0.0235. The van der Waals surface area contributed by atoms with Crippen molar-refractivity contribution in [2.45, 2.75) is 62.9 Å². The van der Waals surface area contributed by atoms with Gasteiger partial charge in [-0.2, -0.15) is 0 Å². The van der Waals surface area contributed by atoms with Crippen molar-refractivity contribution in [2.24, 2.45) is 0 Å². The Morgan fingerprint density at radius 3 is 1.53 bits per heavy atom. The van der Waals surface area contributed by atoms with Gasteiger partial charge in [-0.15, -0.1) is 22.7 Å². The summed E-state index contributed by atoms with van der Waals surface area (Å²) in [7, 11) is 0. The Morgan fingerprint density at radius 2 is 0.984 bits per heavy atom. The van der Waals surface area contributed by atoms with Crippen LogP contribution < -0.4 is 41.3 Å². The van der Waals surface area contributed by atoms with Gasteiger partial charge in [0.2, 0.25) is 23.6 Å². The number of phenolic OH excluding ortho intramolecular Hbond substituents is 1. The molecule has 626 valence electrons. The van der Waals surface area contributed by atoms with Crippen LogP contribution in [-0.4, -0.2) is 214 Å². The molecule has 10 heterocycles. The molecule has 8 aromatic carbocycles. The molecule has 4 saturated heterocycles. The normalized spacial score (nSPS) is 18.1. The van der Waals surface area contributed by atoms with E-state index in [-0.39, 0.29) is 72.0 Å². The Balaban J connectivity index is 0.000000177. The van der Waals surface area contributed by atoms with Gasteiger partial charge in [-0.1, -0.05) is 91.0 Å². The van der Waals surface area contributed by atoms with E-state index in [4.69, 9.17) is 9.47 Å². The van der Waals surface area contributed by atoms with E-state index in [1.807, 2.05) is 97.1 Å². The van der Waals surface area contributed by atoms with Crippen molar-refractivity contribution in [3.8, 4) is 28.0 Å². The first-order valence-corrected chi connectivity index (χ1v) is 42.1. The summed E-state index contributed by atoms with van der Waals surface area (Å²) in [6.07, 6.45) is 3.48. The van der Waals surface area contributed by atoms with Crippen LogP contribution in [-0.2, 0) is 51.3 Å². The minimum atomic E-state index is -1.31. The van der Waals surface area contributed by atoms with Crippen molar-refractivity contribution in [1.82, 2.24) is 45.1 Å². The number of aromatic nitrogens is 2. The highest BCUT2D eigenvalue weighted by Crippen LogP contribution is 2.42. The Bertz CT molecular complexity index is 5830. The largest absolute Gasteiger partial charge is 0.508 e. The van der Waals surface area contributed by atoms with Crippen LogP contribution in [0.5, 0.6) is 5.75 Å². The number of imide groups is 4. The van der Waals surface area contributed by atoms with Crippen LogP contribution >= 0.6 is 22.7 Å². The lowest BCUT2D eigenvalue weighted by molar-refractivity contribution is -0.137. The monoisotopic (exact) mass is 1700 g/mol. The van der Waals surface area contributed by atoms with Gasteiger partial charge in [0.25, 0.3) is 47.3 Å². The van der Waals surface area contributed by atoms with Gasteiger partial charge in [0, 0.05) is 148 Å². The summed E-state index contributed by atoms with van der Waals surface area (Å²) in [5.41, 5.74) is 11.1. The zero-order valence-corrected chi connectivity index (χ0v) is 67.9. The van der Waals surface area contributed by atoms with Crippen molar-refractivity contribution >= 4 is 127 Å². The molecule has 0 aliphatic carbocycles. The number of hydrogen-bond donors (Lipinski definition) is 6. The number of nitrogens with one attached hydrogen (secondary N) is 5. The van der Waals surface area contributed by atoms with E-state index in [2.05, 4.69) is 80.4 Å². The number of anilines is 6. The van der Waals surface area contributed by atoms with E-state index in [9.17, 15) is 67.0 Å². The molecule has 0 spiro atoms.